The lowest BCUT2D eigenvalue weighted by molar-refractivity contribution is 0.262. The predicted molar refractivity (Wildman–Crippen MR) is 81.4 cm³/mol. The van der Waals surface area contributed by atoms with Crippen LogP contribution in [0.1, 0.15) is 16.7 Å². The quantitative estimate of drug-likeness (QED) is 0.723. The number of nitrogens with one attached hydrogen (secondary N) is 2. The van der Waals surface area contributed by atoms with Crippen molar-refractivity contribution in [2.45, 2.75) is 20.8 Å². The van der Waals surface area contributed by atoms with Crippen molar-refractivity contribution in [2.24, 2.45) is 0 Å². The monoisotopic (exact) mass is 270 g/mol. The van der Waals surface area contributed by atoms with E-state index in [0.29, 0.717) is 5.69 Å². The SMILES string of the molecule is Cc1cccc(NC(=O)Nc2cc(C)c(O)cc2C)c1. The highest BCUT2D eigenvalue weighted by molar-refractivity contribution is 6.00. The van der Waals surface area contributed by atoms with E-state index in [1.54, 1.807) is 19.1 Å². The fraction of sp³-hybridized carbons (Fsp3) is 0.188. The van der Waals surface area contributed by atoms with Gasteiger partial charge in [-0.1, -0.05) is 12.1 Å². The second kappa shape index (κ2) is 5.65. The van der Waals surface area contributed by atoms with Gasteiger partial charge in [-0.2, -0.15) is 0 Å². The Labute approximate surface area is 118 Å². The van der Waals surface area contributed by atoms with Crippen LogP contribution >= 0.6 is 0 Å². The number of aryl methyl sites for hydroxylation is 3. The standard InChI is InChI=1S/C16H18N2O2/c1-10-5-4-6-13(7-10)17-16(20)18-14-8-12(3)15(19)9-11(14)2/h4-9,19H,1-3H3,(H2,17,18,20). The summed E-state index contributed by atoms with van der Waals surface area (Å²) in [4.78, 5) is 12.0. The summed E-state index contributed by atoms with van der Waals surface area (Å²) in [6, 6.07) is 10.7. The number of rotatable bonds is 2. The molecule has 3 N–H and O–H groups in total. The first-order valence-electron chi connectivity index (χ1n) is 6.40. The molecule has 4 nitrogen and oxygen atoms in total. The van der Waals surface area contributed by atoms with Crippen molar-refractivity contribution in [2.75, 3.05) is 10.6 Å². The molecule has 0 unspecified atom stereocenters. The Hall–Kier alpha value is -2.49. The Kier molecular flexibility index (Phi) is 3.94. The van der Waals surface area contributed by atoms with Gasteiger partial charge in [0, 0.05) is 11.4 Å². The van der Waals surface area contributed by atoms with Gasteiger partial charge in [-0.05, 0) is 61.7 Å². The summed E-state index contributed by atoms with van der Waals surface area (Å²) in [5, 5.41) is 15.2. The zero-order valence-corrected chi connectivity index (χ0v) is 11.8. The number of anilines is 2. The number of carbonyl (C=O) groups is 1. The molecular formula is C16H18N2O2. The van der Waals surface area contributed by atoms with Gasteiger partial charge < -0.3 is 15.7 Å². The second-order valence-electron chi connectivity index (χ2n) is 4.90. The molecule has 0 aliphatic rings. The molecule has 2 rings (SSSR count). The van der Waals surface area contributed by atoms with Crippen LogP contribution in [-0.2, 0) is 0 Å². The summed E-state index contributed by atoms with van der Waals surface area (Å²) in [6.45, 7) is 5.59. The van der Waals surface area contributed by atoms with E-state index in [0.717, 1.165) is 22.4 Å². The van der Waals surface area contributed by atoms with Crippen LogP contribution in [-0.4, -0.2) is 11.1 Å². The van der Waals surface area contributed by atoms with Crippen LogP contribution in [0.2, 0.25) is 0 Å². The van der Waals surface area contributed by atoms with E-state index in [1.807, 2.05) is 38.1 Å². The van der Waals surface area contributed by atoms with Crippen LogP contribution in [0.5, 0.6) is 5.75 Å². The Bertz CT molecular complexity index is 651. The van der Waals surface area contributed by atoms with Gasteiger partial charge in [-0.3, -0.25) is 0 Å². The molecule has 4 heteroatoms. The molecule has 0 heterocycles. The number of urea groups is 1. The van der Waals surface area contributed by atoms with Gasteiger partial charge >= 0.3 is 6.03 Å². The molecule has 0 aliphatic heterocycles. The molecule has 0 aliphatic carbocycles. The number of hydrogen-bond acceptors (Lipinski definition) is 2. The van der Waals surface area contributed by atoms with Crippen molar-refractivity contribution in [1.29, 1.82) is 0 Å². The van der Waals surface area contributed by atoms with E-state index in [2.05, 4.69) is 10.6 Å². The topological polar surface area (TPSA) is 61.4 Å². The lowest BCUT2D eigenvalue weighted by Crippen LogP contribution is -2.20. The molecule has 0 aromatic heterocycles. The Balaban J connectivity index is 2.10. The summed E-state index contributed by atoms with van der Waals surface area (Å²) >= 11 is 0. The van der Waals surface area contributed by atoms with Crippen LogP contribution in [0.25, 0.3) is 0 Å². The molecule has 0 fully saturated rings. The van der Waals surface area contributed by atoms with E-state index >= 15 is 0 Å². The number of hydrogen-bond donors (Lipinski definition) is 3. The smallest absolute Gasteiger partial charge is 0.323 e. The maximum absolute atomic E-state index is 12.0. The average Bonchev–Trinajstić information content (AvgIpc) is 2.36. The van der Waals surface area contributed by atoms with Gasteiger partial charge in [-0.25, -0.2) is 4.79 Å². The van der Waals surface area contributed by atoms with Gasteiger partial charge in [0.2, 0.25) is 0 Å². The lowest BCUT2D eigenvalue weighted by atomic mass is 10.1. The van der Waals surface area contributed by atoms with E-state index in [9.17, 15) is 9.90 Å². The Morgan fingerprint density at radius 3 is 2.45 bits per heavy atom. The van der Waals surface area contributed by atoms with Crippen LogP contribution in [0.4, 0.5) is 16.2 Å². The van der Waals surface area contributed by atoms with Crippen molar-refractivity contribution in [3.8, 4) is 5.75 Å². The van der Waals surface area contributed by atoms with Crippen LogP contribution < -0.4 is 10.6 Å². The molecule has 0 saturated heterocycles. The Morgan fingerprint density at radius 2 is 1.75 bits per heavy atom. The molecule has 2 amide bonds. The summed E-state index contributed by atoms with van der Waals surface area (Å²) in [5.74, 6) is 0.229. The van der Waals surface area contributed by atoms with Gasteiger partial charge in [0.25, 0.3) is 0 Å². The molecule has 104 valence electrons. The zero-order valence-electron chi connectivity index (χ0n) is 11.8. The van der Waals surface area contributed by atoms with Gasteiger partial charge in [0.15, 0.2) is 0 Å². The molecule has 0 saturated carbocycles. The largest absolute Gasteiger partial charge is 0.508 e. The van der Waals surface area contributed by atoms with E-state index < -0.39 is 0 Å². The molecule has 0 radical (unpaired) electrons. The highest BCUT2D eigenvalue weighted by atomic mass is 16.3. The average molecular weight is 270 g/mol. The number of aromatic hydroxyl groups is 1. The van der Waals surface area contributed by atoms with Gasteiger partial charge in [0.1, 0.15) is 5.75 Å². The van der Waals surface area contributed by atoms with Crippen molar-refractivity contribution in [3.63, 3.8) is 0 Å². The minimum absolute atomic E-state index is 0.229. The van der Waals surface area contributed by atoms with Crippen molar-refractivity contribution < 1.29 is 9.90 Å². The minimum Gasteiger partial charge on any atom is -0.508 e. The fourth-order valence-electron chi connectivity index (χ4n) is 1.94. The second-order valence-corrected chi connectivity index (χ2v) is 4.90. The third-order valence-electron chi connectivity index (χ3n) is 3.07. The number of amides is 2. The molecule has 2 aromatic carbocycles. The van der Waals surface area contributed by atoms with Crippen LogP contribution in [0, 0.1) is 20.8 Å². The van der Waals surface area contributed by atoms with Crippen LogP contribution in [0.3, 0.4) is 0 Å². The number of phenols is 1. The van der Waals surface area contributed by atoms with Gasteiger partial charge in [-0.15, -0.1) is 0 Å². The molecule has 2 aromatic rings. The summed E-state index contributed by atoms with van der Waals surface area (Å²) in [5.41, 5.74) is 4.05. The molecular weight excluding hydrogens is 252 g/mol. The number of carbonyl (C=O) groups excluding carboxylic acids is 1. The highest BCUT2D eigenvalue weighted by Gasteiger charge is 2.07. The van der Waals surface area contributed by atoms with E-state index in [1.165, 1.54) is 0 Å². The first-order chi connectivity index (χ1) is 9.45. The maximum Gasteiger partial charge on any atom is 0.323 e. The third kappa shape index (κ3) is 3.29. The summed E-state index contributed by atoms with van der Waals surface area (Å²) in [7, 11) is 0. The minimum atomic E-state index is -0.302. The van der Waals surface area contributed by atoms with Crippen LogP contribution in [0.15, 0.2) is 36.4 Å². The third-order valence-corrected chi connectivity index (χ3v) is 3.07. The fourth-order valence-corrected chi connectivity index (χ4v) is 1.94. The lowest BCUT2D eigenvalue weighted by Gasteiger charge is -2.12. The highest BCUT2D eigenvalue weighted by Crippen LogP contribution is 2.25. The van der Waals surface area contributed by atoms with Crippen molar-refractivity contribution in [1.82, 2.24) is 0 Å². The predicted octanol–water partition coefficient (Wildman–Crippen LogP) is 3.96. The number of benzene rings is 2. The van der Waals surface area contributed by atoms with Gasteiger partial charge in [0.05, 0.1) is 0 Å². The molecule has 0 bridgehead atoms. The summed E-state index contributed by atoms with van der Waals surface area (Å²) < 4.78 is 0. The summed E-state index contributed by atoms with van der Waals surface area (Å²) in [6.07, 6.45) is 0. The number of phenolic OH excluding ortho intramolecular Hbond substituents is 1. The normalized spacial score (nSPS) is 10.2. The molecule has 20 heavy (non-hydrogen) atoms. The van der Waals surface area contributed by atoms with Crippen molar-refractivity contribution in [3.05, 3.63) is 53.1 Å². The van der Waals surface area contributed by atoms with E-state index in [4.69, 9.17) is 0 Å². The first-order valence-corrected chi connectivity index (χ1v) is 6.40. The molecule has 0 atom stereocenters. The zero-order chi connectivity index (χ0) is 14.7. The van der Waals surface area contributed by atoms with Crippen molar-refractivity contribution >= 4 is 17.4 Å². The maximum atomic E-state index is 12.0. The Morgan fingerprint density at radius 1 is 1.00 bits per heavy atom. The first kappa shape index (κ1) is 13.9. The molecule has 0 spiro atoms. The van der Waals surface area contributed by atoms with E-state index in [-0.39, 0.29) is 11.8 Å².